The molecule has 1 saturated heterocycles. The van der Waals surface area contributed by atoms with Crippen LogP contribution in [-0.4, -0.2) is 32.6 Å². The number of carbonyl (C=O) groups excluding carboxylic acids is 3. The normalized spacial score (nSPS) is 14.5. The second-order valence-corrected chi connectivity index (χ2v) is 8.50. The van der Waals surface area contributed by atoms with Crippen molar-refractivity contribution in [2.75, 3.05) is 0 Å². The molecule has 0 radical (unpaired) electrons. The maximum Gasteiger partial charge on any atom is 0.333 e. The van der Waals surface area contributed by atoms with Crippen LogP contribution in [0.25, 0.3) is 0 Å². The zero-order chi connectivity index (χ0) is 16.9. The first-order chi connectivity index (χ1) is 10.9. The lowest BCUT2D eigenvalue weighted by Gasteiger charge is -2.22. The van der Waals surface area contributed by atoms with E-state index in [1.165, 1.54) is 0 Å². The van der Waals surface area contributed by atoms with Crippen LogP contribution in [0.2, 0.25) is 0 Å². The molecule has 0 unspecified atom stereocenters. The molecule has 9 heteroatoms. The van der Waals surface area contributed by atoms with Gasteiger partial charge in [0.15, 0.2) is 0 Å². The maximum absolute atomic E-state index is 11.8. The summed E-state index contributed by atoms with van der Waals surface area (Å²) >= 11 is 0. The predicted octanol–water partition coefficient (Wildman–Crippen LogP) is 3.41. The summed E-state index contributed by atoms with van der Waals surface area (Å²) in [4.78, 5) is 43.7. The average molecular weight is 391 g/mol. The molecule has 2 rings (SSSR count). The van der Waals surface area contributed by atoms with Gasteiger partial charge in [-0.25, -0.2) is 9.78 Å². The summed E-state index contributed by atoms with van der Waals surface area (Å²) in [6.45, 7) is 4.04. The molecule has 0 bridgehead atoms. The van der Waals surface area contributed by atoms with Crippen LogP contribution >= 0.6 is 34.0 Å². The van der Waals surface area contributed by atoms with Gasteiger partial charge >= 0.3 is 5.97 Å². The van der Waals surface area contributed by atoms with Crippen molar-refractivity contribution in [1.29, 1.82) is 0 Å². The number of amides is 2. The van der Waals surface area contributed by atoms with E-state index in [9.17, 15) is 14.4 Å². The van der Waals surface area contributed by atoms with Crippen LogP contribution in [0.3, 0.4) is 0 Å². The molecule has 2 heterocycles. The van der Waals surface area contributed by atoms with E-state index < -0.39 is 17.8 Å². The highest BCUT2D eigenvalue weighted by Gasteiger charge is 2.33. The summed E-state index contributed by atoms with van der Waals surface area (Å²) in [7, 11) is 3.16. The van der Waals surface area contributed by atoms with Gasteiger partial charge < -0.3 is 4.84 Å². The first kappa shape index (κ1) is 20.8. The third kappa shape index (κ3) is 6.33. The number of hydrogen-bond donors (Lipinski definition) is 0. The molecular weight excluding hydrogens is 372 g/mol. The van der Waals surface area contributed by atoms with Gasteiger partial charge in [-0.2, -0.15) is 0 Å². The van der Waals surface area contributed by atoms with Gasteiger partial charge in [-0.1, -0.05) is 16.9 Å². The Morgan fingerprint density at radius 3 is 2.54 bits per heavy atom. The Balaban J connectivity index is 0.00000288. The molecule has 1 aromatic heterocycles. The van der Waals surface area contributed by atoms with Crippen LogP contribution in [0, 0.1) is 0 Å². The van der Waals surface area contributed by atoms with Gasteiger partial charge in [-0.15, -0.1) is 17.5 Å². The molecule has 2 amide bonds. The largest absolute Gasteiger partial charge is 0.333 e. The molecule has 0 atom stereocenters. The first-order valence-electron chi connectivity index (χ1n) is 7.21. The number of rotatable bonds is 7. The number of hydroxylamine groups is 2. The quantitative estimate of drug-likeness (QED) is 0.521. The van der Waals surface area contributed by atoms with E-state index in [1.807, 2.05) is 32.0 Å². The summed E-state index contributed by atoms with van der Waals surface area (Å²) < 4.78 is -0.180. The fourth-order valence-electron chi connectivity index (χ4n) is 1.80. The van der Waals surface area contributed by atoms with E-state index in [-0.39, 0.29) is 36.4 Å². The van der Waals surface area contributed by atoms with Crippen molar-refractivity contribution in [2.24, 2.45) is 0 Å². The number of imide groups is 1. The van der Waals surface area contributed by atoms with Gasteiger partial charge in [0.25, 0.3) is 11.8 Å². The molecule has 24 heavy (non-hydrogen) atoms. The third-order valence-corrected chi connectivity index (χ3v) is 6.39. The Hall–Kier alpha value is -1.25. The molecular formula is C15H19ClN2O4S2. The average Bonchev–Trinajstić information content (AvgIpc) is 2.84. The maximum atomic E-state index is 11.8. The number of halogens is 1. The summed E-state index contributed by atoms with van der Waals surface area (Å²) in [5.74, 6) is -1.48. The van der Waals surface area contributed by atoms with Crippen molar-refractivity contribution >= 4 is 51.8 Å². The number of pyridine rings is 1. The molecule has 0 saturated carbocycles. The van der Waals surface area contributed by atoms with E-state index in [1.54, 1.807) is 27.8 Å². The molecule has 1 aliphatic rings. The molecule has 1 aromatic rings. The third-order valence-electron chi connectivity index (χ3n) is 3.12. The monoisotopic (exact) mass is 390 g/mol. The van der Waals surface area contributed by atoms with Crippen molar-refractivity contribution in [3.8, 4) is 0 Å². The van der Waals surface area contributed by atoms with Gasteiger partial charge in [0.05, 0.1) is 0 Å². The van der Waals surface area contributed by atoms with Crippen molar-refractivity contribution in [3.05, 3.63) is 24.4 Å². The zero-order valence-corrected chi connectivity index (χ0v) is 15.8. The van der Waals surface area contributed by atoms with Crippen molar-refractivity contribution in [3.63, 3.8) is 0 Å². The summed E-state index contributed by atoms with van der Waals surface area (Å²) in [5.41, 5.74) is 0. The Morgan fingerprint density at radius 2 is 1.96 bits per heavy atom. The molecule has 0 aliphatic carbocycles. The van der Waals surface area contributed by atoms with E-state index in [4.69, 9.17) is 4.84 Å². The van der Waals surface area contributed by atoms with Gasteiger partial charge in [0.2, 0.25) is 0 Å². The summed E-state index contributed by atoms with van der Waals surface area (Å²) in [5, 5.41) is 1.49. The predicted molar refractivity (Wildman–Crippen MR) is 95.4 cm³/mol. The van der Waals surface area contributed by atoms with Crippen molar-refractivity contribution in [1.82, 2.24) is 10.0 Å². The summed E-state index contributed by atoms with van der Waals surface area (Å²) in [6, 6.07) is 5.70. The second kappa shape index (κ2) is 9.29. The van der Waals surface area contributed by atoms with Crippen LogP contribution in [-0.2, 0) is 19.2 Å². The number of aromatic nitrogens is 1. The molecule has 1 fully saturated rings. The van der Waals surface area contributed by atoms with Crippen LogP contribution in [0.5, 0.6) is 0 Å². The van der Waals surface area contributed by atoms with Crippen LogP contribution in [0.1, 0.15) is 39.5 Å². The van der Waals surface area contributed by atoms with Crippen molar-refractivity contribution < 1.29 is 19.2 Å². The highest BCUT2D eigenvalue weighted by atomic mass is 35.5. The molecule has 0 aromatic carbocycles. The fourth-order valence-corrected chi connectivity index (χ4v) is 4.02. The Kier molecular flexibility index (Phi) is 8.05. The van der Waals surface area contributed by atoms with E-state index in [0.717, 1.165) is 5.03 Å². The fraction of sp³-hybridized carbons (Fsp3) is 0.467. The van der Waals surface area contributed by atoms with E-state index >= 15 is 0 Å². The molecule has 0 spiro atoms. The Morgan fingerprint density at radius 1 is 1.29 bits per heavy atom. The SMILES string of the molecule is CC(C)(CCC(=O)ON1C(=O)CCC1=O)SSc1ccccn1.Cl. The lowest BCUT2D eigenvalue weighted by molar-refractivity contribution is -0.197. The molecule has 1 aliphatic heterocycles. The minimum Gasteiger partial charge on any atom is -0.330 e. The smallest absolute Gasteiger partial charge is 0.330 e. The first-order valence-corrected chi connectivity index (χ1v) is 9.36. The topological polar surface area (TPSA) is 76.6 Å². The molecule has 132 valence electrons. The zero-order valence-electron chi connectivity index (χ0n) is 13.4. The highest BCUT2D eigenvalue weighted by Crippen LogP contribution is 2.42. The summed E-state index contributed by atoms with van der Waals surface area (Å²) in [6.07, 6.45) is 2.64. The van der Waals surface area contributed by atoms with E-state index in [0.29, 0.717) is 11.5 Å². The number of hydrogen-bond acceptors (Lipinski definition) is 7. The van der Waals surface area contributed by atoms with Gasteiger partial charge in [0.1, 0.15) is 5.03 Å². The highest BCUT2D eigenvalue weighted by molar-refractivity contribution is 8.77. The Labute approximate surface area is 154 Å². The lowest BCUT2D eigenvalue weighted by Crippen LogP contribution is -2.32. The number of carbonyl (C=O) groups is 3. The van der Waals surface area contributed by atoms with Crippen LogP contribution < -0.4 is 0 Å². The van der Waals surface area contributed by atoms with Gasteiger partial charge in [-0.3, -0.25) is 9.59 Å². The van der Waals surface area contributed by atoms with Crippen molar-refractivity contribution in [2.45, 2.75) is 49.3 Å². The molecule has 6 nitrogen and oxygen atoms in total. The van der Waals surface area contributed by atoms with Crippen LogP contribution in [0.4, 0.5) is 0 Å². The van der Waals surface area contributed by atoms with Crippen LogP contribution in [0.15, 0.2) is 29.4 Å². The minimum atomic E-state index is -0.565. The number of nitrogens with zero attached hydrogens (tertiary/aromatic N) is 2. The molecule has 0 N–H and O–H groups in total. The standard InChI is InChI=1S/C15H18N2O4S2.ClH/c1-15(2,23-22-11-5-3-4-10-16-11)9-8-14(20)21-17-12(18)6-7-13(17)19;/h3-5,10H,6-9H2,1-2H3;1H. The Bertz CT molecular complexity index is 582. The van der Waals surface area contributed by atoms with E-state index in [2.05, 4.69) is 4.98 Å². The van der Waals surface area contributed by atoms with Gasteiger partial charge in [-0.05, 0) is 43.2 Å². The minimum absolute atomic E-state index is 0. The second-order valence-electron chi connectivity index (χ2n) is 5.64. The van der Waals surface area contributed by atoms with Gasteiger partial charge in [0, 0.05) is 30.2 Å². The lowest BCUT2D eigenvalue weighted by atomic mass is 10.1.